The minimum Gasteiger partial charge on any atom is -0.351 e. The molecule has 0 spiro atoms. The molecular weight excluding hydrogens is 276 g/mol. The van der Waals surface area contributed by atoms with E-state index in [0.29, 0.717) is 18.0 Å². The zero-order chi connectivity index (χ0) is 13.2. The largest absolute Gasteiger partial charge is 0.351 e. The van der Waals surface area contributed by atoms with Crippen molar-refractivity contribution in [3.8, 4) is 0 Å². The zero-order valence-corrected chi connectivity index (χ0v) is 11.3. The Morgan fingerprint density at radius 2 is 2.17 bits per heavy atom. The Labute approximate surface area is 115 Å². The van der Waals surface area contributed by atoms with Crippen LogP contribution in [-0.4, -0.2) is 18.3 Å². The molecule has 0 bridgehead atoms. The summed E-state index contributed by atoms with van der Waals surface area (Å²) in [5.41, 5.74) is 0.476. The SMILES string of the molecule is O=C(NCC1(CCCl)CC1)c1ccc(F)cc1Cl. The van der Waals surface area contributed by atoms with Crippen molar-refractivity contribution in [1.82, 2.24) is 5.32 Å². The predicted octanol–water partition coefficient (Wildman–Crippen LogP) is 3.62. The highest BCUT2D eigenvalue weighted by Gasteiger charge is 2.41. The van der Waals surface area contributed by atoms with Crippen molar-refractivity contribution in [2.24, 2.45) is 5.41 Å². The molecule has 0 atom stereocenters. The van der Waals surface area contributed by atoms with E-state index in [1.165, 1.54) is 12.1 Å². The Morgan fingerprint density at radius 3 is 2.72 bits per heavy atom. The van der Waals surface area contributed by atoms with Crippen LogP contribution in [0, 0.1) is 11.2 Å². The normalized spacial score (nSPS) is 16.4. The fraction of sp³-hybridized carbons (Fsp3) is 0.462. The Bertz CT molecular complexity index is 460. The molecule has 2 nitrogen and oxygen atoms in total. The summed E-state index contributed by atoms with van der Waals surface area (Å²) in [6.45, 7) is 0.603. The second kappa shape index (κ2) is 5.45. The van der Waals surface area contributed by atoms with Crippen LogP contribution in [0.5, 0.6) is 0 Å². The van der Waals surface area contributed by atoms with Crippen molar-refractivity contribution in [3.05, 3.63) is 34.6 Å². The molecule has 1 aromatic carbocycles. The van der Waals surface area contributed by atoms with Gasteiger partial charge in [-0.25, -0.2) is 4.39 Å². The van der Waals surface area contributed by atoms with E-state index in [-0.39, 0.29) is 16.3 Å². The third-order valence-corrected chi connectivity index (χ3v) is 3.88. The Morgan fingerprint density at radius 1 is 1.44 bits per heavy atom. The first-order chi connectivity index (χ1) is 8.56. The molecule has 1 aliphatic carbocycles. The molecule has 0 aromatic heterocycles. The quantitative estimate of drug-likeness (QED) is 0.824. The van der Waals surface area contributed by atoms with Gasteiger partial charge < -0.3 is 5.32 Å². The maximum absolute atomic E-state index is 12.9. The minimum atomic E-state index is -0.447. The number of hydrogen-bond donors (Lipinski definition) is 1. The van der Waals surface area contributed by atoms with Crippen molar-refractivity contribution >= 4 is 29.1 Å². The van der Waals surface area contributed by atoms with E-state index in [0.717, 1.165) is 25.3 Å². The highest BCUT2D eigenvalue weighted by Crippen LogP contribution is 2.48. The van der Waals surface area contributed by atoms with Crippen LogP contribution in [-0.2, 0) is 0 Å². The summed E-state index contributed by atoms with van der Waals surface area (Å²) in [4.78, 5) is 11.9. The van der Waals surface area contributed by atoms with Crippen LogP contribution in [0.15, 0.2) is 18.2 Å². The van der Waals surface area contributed by atoms with Crippen molar-refractivity contribution in [2.45, 2.75) is 19.3 Å². The van der Waals surface area contributed by atoms with E-state index < -0.39 is 5.82 Å². The van der Waals surface area contributed by atoms with Gasteiger partial charge >= 0.3 is 0 Å². The maximum Gasteiger partial charge on any atom is 0.252 e. The lowest BCUT2D eigenvalue weighted by molar-refractivity contribution is 0.0944. The number of nitrogens with one attached hydrogen (secondary N) is 1. The average Bonchev–Trinajstić information content (AvgIpc) is 3.07. The number of amides is 1. The van der Waals surface area contributed by atoms with Crippen molar-refractivity contribution < 1.29 is 9.18 Å². The smallest absolute Gasteiger partial charge is 0.252 e. The van der Waals surface area contributed by atoms with Gasteiger partial charge in [-0.1, -0.05) is 11.6 Å². The molecule has 1 saturated carbocycles. The molecule has 18 heavy (non-hydrogen) atoms. The number of carbonyl (C=O) groups excluding carboxylic acids is 1. The van der Waals surface area contributed by atoms with E-state index in [9.17, 15) is 9.18 Å². The molecule has 0 saturated heterocycles. The fourth-order valence-electron chi connectivity index (χ4n) is 1.93. The first-order valence-corrected chi connectivity index (χ1v) is 6.77. The molecule has 1 N–H and O–H groups in total. The van der Waals surface area contributed by atoms with Crippen molar-refractivity contribution in [2.75, 3.05) is 12.4 Å². The summed E-state index contributed by atoms with van der Waals surface area (Å²) in [6, 6.07) is 3.77. The number of hydrogen-bond acceptors (Lipinski definition) is 1. The summed E-state index contributed by atoms with van der Waals surface area (Å²) in [6.07, 6.45) is 3.10. The second-order valence-corrected chi connectivity index (χ2v) is 5.53. The predicted molar refractivity (Wildman–Crippen MR) is 70.7 cm³/mol. The molecule has 0 heterocycles. The van der Waals surface area contributed by atoms with Gasteiger partial charge in [0.05, 0.1) is 10.6 Å². The third-order valence-electron chi connectivity index (χ3n) is 3.38. The van der Waals surface area contributed by atoms with E-state index in [1.54, 1.807) is 0 Å². The minimum absolute atomic E-state index is 0.134. The molecule has 1 aliphatic rings. The fourth-order valence-corrected chi connectivity index (χ4v) is 2.58. The molecule has 0 aliphatic heterocycles. The number of alkyl halides is 1. The van der Waals surface area contributed by atoms with Gasteiger partial charge in [-0.05, 0) is 42.9 Å². The van der Waals surface area contributed by atoms with Gasteiger partial charge in [0.15, 0.2) is 0 Å². The number of halogens is 3. The molecule has 1 fully saturated rings. The van der Waals surface area contributed by atoms with Crippen LogP contribution >= 0.6 is 23.2 Å². The van der Waals surface area contributed by atoms with Crippen LogP contribution in [0.3, 0.4) is 0 Å². The molecule has 0 radical (unpaired) electrons. The Balaban J connectivity index is 1.96. The van der Waals surface area contributed by atoms with E-state index >= 15 is 0 Å². The molecule has 1 aromatic rings. The van der Waals surface area contributed by atoms with Crippen LogP contribution in [0.1, 0.15) is 29.6 Å². The molecule has 98 valence electrons. The number of benzene rings is 1. The molecule has 2 rings (SSSR count). The van der Waals surface area contributed by atoms with Crippen molar-refractivity contribution in [3.63, 3.8) is 0 Å². The Kier molecular flexibility index (Phi) is 4.13. The molecular formula is C13H14Cl2FNO. The van der Waals surface area contributed by atoms with Gasteiger partial charge in [-0.2, -0.15) is 0 Å². The van der Waals surface area contributed by atoms with Gasteiger partial charge in [-0.15, -0.1) is 11.6 Å². The summed E-state index contributed by atoms with van der Waals surface area (Å²) < 4.78 is 12.9. The molecule has 0 unspecified atom stereocenters. The lowest BCUT2D eigenvalue weighted by atomic mass is 10.0. The third kappa shape index (κ3) is 3.15. The summed E-state index contributed by atoms with van der Waals surface area (Å²) in [5.74, 6) is -0.106. The van der Waals surface area contributed by atoms with Crippen LogP contribution in [0.2, 0.25) is 5.02 Å². The summed E-state index contributed by atoms with van der Waals surface area (Å²) in [7, 11) is 0. The average molecular weight is 290 g/mol. The van der Waals surface area contributed by atoms with Gasteiger partial charge in [0, 0.05) is 12.4 Å². The van der Waals surface area contributed by atoms with Gasteiger partial charge in [-0.3, -0.25) is 4.79 Å². The van der Waals surface area contributed by atoms with E-state index in [1.807, 2.05) is 0 Å². The number of carbonyl (C=O) groups is 1. The summed E-state index contributed by atoms with van der Waals surface area (Å²) in [5, 5.41) is 2.98. The second-order valence-electron chi connectivity index (χ2n) is 4.75. The summed E-state index contributed by atoms with van der Waals surface area (Å²) >= 11 is 11.6. The lowest BCUT2D eigenvalue weighted by Gasteiger charge is -2.14. The zero-order valence-electron chi connectivity index (χ0n) is 9.81. The molecule has 1 amide bonds. The standard InChI is InChI=1S/C13H14Cl2FNO/c14-6-5-13(3-4-13)8-17-12(18)10-2-1-9(16)7-11(10)15/h1-2,7H,3-6,8H2,(H,17,18). The van der Waals surface area contributed by atoms with Crippen LogP contribution in [0.4, 0.5) is 4.39 Å². The van der Waals surface area contributed by atoms with E-state index in [4.69, 9.17) is 23.2 Å². The first kappa shape index (κ1) is 13.6. The maximum atomic E-state index is 12.9. The van der Waals surface area contributed by atoms with Gasteiger partial charge in [0.2, 0.25) is 0 Å². The highest BCUT2D eigenvalue weighted by atomic mass is 35.5. The van der Waals surface area contributed by atoms with Crippen molar-refractivity contribution in [1.29, 1.82) is 0 Å². The van der Waals surface area contributed by atoms with E-state index in [2.05, 4.69) is 5.32 Å². The van der Waals surface area contributed by atoms with Gasteiger partial charge in [0.1, 0.15) is 5.82 Å². The molecule has 5 heteroatoms. The topological polar surface area (TPSA) is 29.1 Å². The number of rotatable bonds is 5. The first-order valence-electron chi connectivity index (χ1n) is 5.86. The van der Waals surface area contributed by atoms with Gasteiger partial charge in [0.25, 0.3) is 5.91 Å². The van der Waals surface area contributed by atoms with Crippen LogP contribution < -0.4 is 5.32 Å². The lowest BCUT2D eigenvalue weighted by Crippen LogP contribution is -2.30. The highest BCUT2D eigenvalue weighted by molar-refractivity contribution is 6.33. The monoisotopic (exact) mass is 289 g/mol. The Hall–Kier alpha value is -0.800. The van der Waals surface area contributed by atoms with Crippen LogP contribution in [0.25, 0.3) is 0 Å².